The van der Waals surface area contributed by atoms with Crippen LogP contribution in [0.5, 0.6) is 5.75 Å². The van der Waals surface area contributed by atoms with Crippen molar-refractivity contribution in [3.8, 4) is 5.75 Å². The van der Waals surface area contributed by atoms with E-state index in [9.17, 15) is 14.4 Å². The smallest absolute Gasteiger partial charge is 0.337 e. The highest BCUT2D eigenvalue weighted by molar-refractivity contribution is 6.08. The van der Waals surface area contributed by atoms with Crippen LogP contribution in [0.3, 0.4) is 0 Å². The van der Waals surface area contributed by atoms with Crippen molar-refractivity contribution in [1.29, 1.82) is 0 Å². The summed E-state index contributed by atoms with van der Waals surface area (Å²) in [7, 11) is 2.59. The zero-order valence-corrected chi connectivity index (χ0v) is 13.7. The molecule has 0 saturated heterocycles. The Hall–Kier alpha value is -3.07. The van der Waals surface area contributed by atoms with Crippen LogP contribution in [-0.4, -0.2) is 66.9 Å². The van der Waals surface area contributed by atoms with E-state index < -0.39 is 17.8 Å². The lowest BCUT2D eigenvalue weighted by Crippen LogP contribution is -2.31. The van der Waals surface area contributed by atoms with Gasteiger partial charge in [-0.15, -0.1) is 0 Å². The molecule has 134 valence electrons. The molecule has 0 saturated carbocycles. The summed E-state index contributed by atoms with van der Waals surface area (Å²) in [5, 5.41) is 20.9. The second-order valence-electron chi connectivity index (χ2n) is 5.14. The number of carbonyl (C=O) groups is 3. The molecule has 1 aliphatic rings. The minimum Gasteiger partial charge on any atom is -0.495 e. The first-order valence-electron chi connectivity index (χ1n) is 7.32. The number of aliphatic hydroxyl groups excluding tert-OH is 1. The second-order valence-corrected chi connectivity index (χ2v) is 5.14. The summed E-state index contributed by atoms with van der Waals surface area (Å²) in [5.41, 5.74) is 0.254. The van der Waals surface area contributed by atoms with E-state index in [2.05, 4.69) is 5.32 Å². The Labute approximate surface area is 143 Å². The molecule has 25 heavy (non-hydrogen) atoms. The van der Waals surface area contributed by atoms with Gasteiger partial charge in [-0.25, -0.2) is 9.59 Å². The maximum Gasteiger partial charge on any atom is 0.337 e. The van der Waals surface area contributed by atoms with Crippen molar-refractivity contribution in [2.24, 2.45) is 0 Å². The highest BCUT2D eigenvalue weighted by Crippen LogP contribution is 2.30. The van der Waals surface area contributed by atoms with Crippen LogP contribution in [0.1, 0.15) is 10.4 Å². The van der Waals surface area contributed by atoms with Crippen LogP contribution in [0.15, 0.2) is 29.5 Å². The largest absolute Gasteiger partial charge is 0.495 e. The van der Waals surface area contributed by atoms with Crippen LogP contribution < -0.4 is 10.1 Å². The third-order valence-corrected chi connectivity index (χ3v) is 3.66. The second kappa shape index (κ2) is 7.67. The number of carbonyl (C=O) groups excluding carboxylic acids is 2. The number of esters is 1. The van der Waals surface area contributed by atoms with Gasteiger partial charge in [0.2, 0.25) is 0 Å². The summed E-state index contributed by atoms with van der Waals surface area (Å²) < 4.78 is 9.85. The van der Waals surface area contributed by atoms with Crippen molar-refractivity contribution in [2.45, 2.75) is 0 Å². The number of amides is 1. The zero-order chi connectivity index (χ0) is 18.6. The molecule has 1 aromatic rings. The van der Waals surface area contributed by atoms with Gasteiger partial charge in [0.25, 0.3) is 5.91 Å². The number of hydrogen-bond acceptors (Lipinski definition) is 7. The van der Waals surface area contributed by atoms with Gasteiger partial charge >= 0.3 is 11.9 Å². The van der Waals surface area contributed by atoms with Gasteiger partial charge in [0, 0.05) is 6.54 Å². The number of nitrogens with one attached hydrogen (secondary N) is 1. The first-order valence-corrected chi connectivity index (χ1v) is 7.32. The van der Waals surface area contributed by atoms with E-state index in [-0.39, 0.29) is 42.2 Å². The van der Waals surface area contributed by atoms with Crippen LogP contribution in [0.25, 0.3) is 0 Å². The SMILES string of the molecule is COC(=O)C1=C(Nc2cc(C(=O)O)ccc2OC)C(=O)N(CCO)C1. The van der Waals surface area contributed by atoms with E-state index in [1.165, 1.54) is 37.3 Å². The Bertz CT molecular complexity index is 742. The molecule has 3 N–H and O–H groups in total. The fourth-order valence-electron chi connectivity index (χ4n) is 2.42. The first kappa shape index (κ1) is 18.3. The predicted octanol–water partition coefficient (Wildman–Crippen LogP) is 0.0669. The van der Waals surface area contributed by atoms with Gasteiger partial charge in [-0.1, -0.05) is 0 Å². The number of carboxylic acid groups (broad SMARTS) is 1. The molecule has 0 unspecified atom stereocenters. The molecule has 0 bridgehead atoms. The van der Waals surface area contributed by atoms with Crippen molar-refractivity contribution in [1.82, 2.24) is 4.90 Å². The van der Waals surface area contributed by atoms with E-state index in [0.29, 0.717) is 5.75 Å². The average Bonchev–Trinajstić information content (AvgIpc) is 2.91. The van der Waals surface area contributed by atoms with Crippen molar-refractivity contribution in [2.75, 3.05) is 39.2 Å². The van der Waals surface area contributed by atoms with Crippen LogP contribution in [0, 0.1) is 0 Å². The van der Waals surface area contributed by atoms with Crippen LogP contribution in [0.2, 0.25) is 0 Å². The van der Waals surface area contributed by atoms with Crippen LogP contribution >= 0.6 is 0 Å². The van der Waals surface area contributed by atoms with E-state index in [4.69, 9.17) is 19.7 Å². The van der Waals surface area contributed by atoms with Crippen LogP contribution in [0.4, 0.5) is 5.69 Å². The fraction of sp³-hybridized carbons (Fsp3) is 0.312. The molecule has 0 atom stereocenters. The Kier molecular flexibility index (Phi) is 5.60. The molecule has 9 nitrogen and oxygen atoms in total. The number of methoxy groups -OCH3 is 2. The third kappa shape index (κ3) is 3.72. The number of rotatable bonds is 7. The highest BCUT2D eigenvalue weighted by Gasteiger charge is 2.34. The standard InChI is InChI=1S/C16H18N2O7/c1-24-12-4-3-9(15(21)22)7-11(12)17-13-10(16(23)25-2)8-18(5-6-19)14(13)20/h3-4,7,17,19H,5-6,8H2,1-2H3,(H,21,22). The van der Waals surface area contributed by atoms with E-state index in [1.54, 1.807) is 0 Å². The lowest BCUT2D eigenvalue weighted by atomic mass is 10.1. The van der Waals surface area contributed by atoms with Crippen LogP contribution in [-0.2, 0) is 14.3 Å². The van der Waals surface area contributed by atoms with E-state index >= 15 is 0 Å². The summed E-state index contributed by atoms with van der Waals surface area (Å²) in [6, 6.07) is 4.09. The molecule has 9 heteroatoms. The third-order valence-electron chi connectivity index (χ3n) is 3.66. The lowest BCUT2D eigenvalue weighted by molar-refractivity contribution is -0.136. The molecule has 1 aromatic carbocycles. The van der Waals surface area contributed by atoms with Crippen molar-refractivity contribution in [3.05, 3.63) is 35.0 Å². The van der Waals surface area contributed by atoms with Gasteiger partial charge in [-0.05, 0) is 18.2 Å². The summed E-state index contributed by atoms with van der Waals surface area (Å²) in [5.74, 6) is -2.04. The quantitative estimate of drug-likeness (QED) is 0.590. The van der Waals surface area contributed by atoms with Gasteiger partial charge < -0.3 is 29.9 Å². The van der Waals surface area contributed by atoms with Gasteiger partial charge in [-0.3, -0.25) is 4.79 Å². The van der Waals surface area contributed by atoms with Gasteiger partial charge in [0.05, 0.1) is 44.2 Å². The van der Waals surface area contributed by atoms with E-state index in [1.807, 2.05) is 0 Å². The number of anilines is 1. The molecule has 1 aliphatic heterocycles. The first-order chi connectivity index (χ1) is 11.9. The number of hydrogen-bond donors (Lipinski definition) is 3. The Balaban J connectivity index is 2.44. The minimum absolute atomic E-state index is 0.0128. The van der Waals surface area contributed by atoms with E-state index in [0.717, 1.165) is 0 Å². The zero-order valence-electron chi connectivity index (χ0n) is 13.7. The molecule has 0 aliphatic carbocycles. The van der Waals surface area contributed by atoms with Gasteiger partial charge in [0.1, 0.15) is 11.4 Å². The molecule has 1 amide bonds. The van der Waals surface area contributed by atoms with Gasteiger partial charge in [0.15, 0.2) is 0 Å². The summed E-state index contributed by atoms with van der Waals surface area (Å²) in [6.07, 6.45) is 0. The maximum absolute atomic E-state index is 12.5. The van der Waals surface area contributed by atoms with Crippen molar-refractivity contribution in [3.63, 3.8) is 0 Å². The summed E-state index contributed by atoms with van der Waals surface area (Å²) in [6.45, 7) is -0.225. The monoisotopic (exact) mass is 350 g/mol. The van der Waals surface area contributed by atoms with Gasteiger partial charge in [-0.2, -0.15) is 0 Å². The molecule has 0 radical (unpaired) electrons. The number of aliphatic hydroxyl groups is 1. The maximum atomic E-state index is 12.5. The Morgan fingerprint density at radius 2 is 2.04 bits per heavy atom. The Morgan fingerprint density at radius 3 is 2.60 bits per heavy atom. The number of β-amino-alcohol motifs (C(OH)–C–C–N with tert-alkyl or cyclic N) is 1. The predicted molar refractivity (Wildman–Crippen MR) is 86.3 cm³/mol. The molecule has 0 fully saturated rings. The lowest BCUT2D eigenvalue weighted by Gasteiger charge is -2.16. The number of ether oxygens (including phenoxy) is 2. The fourth-order valence-corrected chi connectivity index (χ4v) is 2.42. The minimum atomic E-state index is -1.15. The molecule has 0 aromatic heterocycles. The number of carboxylic acids is 1. The highest BCUT2D eigenvalue weighted by atomic mass is 16.5. The number of nitrogens with zero attached hydrogens (tertiary/aromatic N) is 1. The van der Waals surface area contributed by atoms with Crippen molar-refractivity contribution < 1.29 is 34.1 Å². The number of aromatic carboxylic acids is 1. The molecule has 0 spiro atoms. The molecular formula is C16H18N2O7. The average molecular weight is 350 g/mol. The molecule has 2 rings (SSSR count). The summed E-state index contributed by atoms with van der Waals surface area (Å²) >= 11 is 0. The topological polar surface area (TPSA) is 125 Å². The normalized spacial score (nSPS) is 13.9. The number of benzene rings is 1. The molecular weight excluding hydrogens is 332 g/mol. The molecule has 1 heterocycles. The van der Waals surface area contributed by atoms with Crippen molar-refractivity contribution >= 4 is 23.5 Å². The Morgan fingerprint density at radius 1 is 1.32 bits per heavy atom. The summed E-state index contributed by atoms with van der Waals surface area (Å²) in [4.78, 5) is 36.9.